The molecule has 2 N–H and O–H groups in total. The highest BCUT2D eigenvalue weighted by Gasteiger charge is 2.38. The molecule has 1 unspecified atom stereocenters. The Kier molecular flexibility index (Phi) is 4.55. The molecule has 90 valence electrons. The van der Waals surface area contributed by atoms with E-state index in [4.69, 9.17) is 5.73 Å². The fourth-order valence-electron chi connectivity index (χ4n) is 0.967. The van der Waals surface area contributed by atoms with Crippen LogP contribution in [0.5, 0.6) is 0 Å². The van der Waals surface area contributed by atoms with Gasteiger partial charge in [-0.1, -0.05) is 11.8 Å². The van der Waals surface area contributed by atoms with E-state index in [2.05, 4.69) is 9.97 Å². The van der Waals surface area contributed by atoms with Gasteiger partial charge >= 0.3 is 6.18 Å². The molecule has 0 aromatic carbocycles. The van der Waals surface area contributed by atoms with Gasteiger partial charge in [-0.3, -0.25) is 0 Å². The molecule has 0 bridgehead atoms. The third-order valence-corrected chi connectivity index (χ3v) is 2.96. The summed E-state index contributed by atoms with van der Waals surface area (Å²) in [5.41, 5.74) is 5.81. The minimum absolute atomic E-state index is 0.149. The van der Waals surface area contributed by atoms with Crippen LogP contribution in [0, 0.1) is 12.8 Å². The van der Waals surface area contributed by atoms with E-state index in [1.54, 1.807) is 13.0 Å². The molecule has 0 radical (unpaired) electrons. The summed E-state index contributed by atoms with van der Waals surface area (Å²) in [6, 6.07) is 1.69. The molecule has 0 fully saturated rings. The highest BCUT2D eigenvalue weighted by molar-refractivity contribution is 7.99. The fourth-order valence-corrected chi connectivity index (χ4v) is 1.99. The van der Waals surface area contributed by atoms with Gasteiger partial charge in [-0.2, -0.15) is 13.2 Å². The van der Waals surface area contributed by atoms with Gasteiger partial charge in [0.25, 0.3) is 0 Å². The summed E-state index contributed by atoms with van der Waals surface area (Å²) in [5, 5.41) is 0.350. The molecular formula is C9H12F3N3S. The summed E-state index contributed by atoms with van der Waals surface area (Å²) >= 11 is 0.972. The summed E-state index contributed by atoms with van der Waals surface area (Å²) in [7, 11) is 0. The molecule has 3 nitrogen and oxygen atoms in total. The summed E-state index contributed by atoms with van der Waals surface area (Å²) in [6.07, 6.45) is -2.73. The summed E-state index contributed by atoms with van der Waals surface area (Å²) in [4.78, 5) is 7.88. The second-order valence-electron chi connectivity index (χ2n) is 3.27. The molecule has 1 atom stereocenters. The number of rotatable bonds is 4. The Labute approximate surface area is 95.7 Å². The van der Waals surface area contributed by atoms with E-state index in [9.17, 15) is 13.2 Å². The molecular weight excluding hydrogens is 239 g/mol. The molecule has 0 aliphatic rings. The van der Waals surface area contributed by atoms with Crippen LogP contribution in [0.25, 0.3) is 0 Å². The number of halogens is 3. The minimum Gasteiger partial charge on any atom is -0.330 e. The quantitative estimate of drug-likeness (QED) is 0.657. The highest BCUT2D eigenvalue weighted by Crippen LogP contribution is 2.29. The number of alkyl halides is 3. The van der Waals surface area contributed by atoms with Crippen LogP contribution in [-0.2, 0) is 0 Å². The summed E-state index contributed by atoms with van der Waals surface area (Å²) in [6.45, 7) is 1.35. The van der Waals surface area contributed by atoms with Crippen molar-refractivity contribution in [2.75, 3.05) is 12.3 Å². The first-order valence-electron chi connectivity index (χ1n) is 4.62. The van der Waals surface area contributed by atoms with E-state index in [0.29, 0.717) is 5.16 Å². The normalized spacial score (nSPS) is 13.8. The molecule has 0 amide bonds. The predicted octanol–water partition coefficient (Wildman–Crippen LogP) is 2.01. The Hall–Kier alpha value is -0.820. The van der Waals surface area contributed by atoms with Crippen LogP contribution in [-0.4, -0.2) is 28.4 Å². The average molecular weight is 251 g/mol. The van der Waals surface area contributed by atoms with Gasteiger partial charge in [0.2, 0.25) is 0 Å². The first kappa shape index (κ1) is 13.2. The van der Waals surface area contributed by atoms with Crippen molar-refractivity contribution in [1.29, 1.82) is 0 Å². The van der Waals surface area contributed by atoms with Gasteiger partial charge in [0.1, 0.15) is 0 Å². The smallest absolute Gasteiger partial charge is 0.330 e. The van der Waals surface area contributed by atoms with Crippen molar-refractivity contribution in [3.8, 4) is 0 Å². The lowest BCUT2D eigenvalue weighted by molar-refractivity contribution is -0.165. The van der Waals surface area contributed by atoms with Crippen molar-refractivity contribution in [2.24, 2.45) is 11.7 Å². The Morgan fingerprint density at radius 1 is 1.50 bits per heavy atom. The van der Waals surface area contributed by atoms with Crippen LogP contribution >= 0.6 is 11.8 Å². The number of hydrogen-bond donors (Lipinski definition) is 1. The minimum atomic E-state index is -4.26. The van der Waals surface area contributed by atoms with Crippen LogP contribution in [0.3, 0.4) is 0 Å². The van der Waals surface area contributed by atoms with Crippen LogP contribution in [0.15, 0.2) is 17.4 Å². The Morgan fingerprint density at radius 3 is 2.69 bits per heavy atom. The van der Waals surface area contributed by atoms with Gasteiger partial charge in [-0.25, -0.2) is 9.97 Å². The second kappa shape index (κ2) is 5.49. The van der Waals surface area contributed by atoms with E-state index < -0.39 is 18.6 Å². The molecule has 0 saturated carbocycles. The number of thioether (sulfide) groups is 1. The van der Waals surface area contributed by atoms with E-state index in [1.807, 2.05) is 0 Å². The Balaban J connectivity index is 2.56. The topological polar surface area (TPSA) is 51.8 Å². The highest BCUT2D eigenvalue weighted by atomic mass is 32.2. The lowest BCUT2D eigenvalue weighted by atomic mass is 10.2. The standard InChI is InChI=1S/C9H12F3N3S/c1-6-2-3-14-8(15-6)16-5-7(4-13)9(10,11)12/h2-3,7H,4-5,13H2,1H3. The first-order valence-corrected chi connectivity index (χ1v) is 5.61. The van der Waals surface area contributed by atoms with Crippen LogP contribution in [0.2, 0.25) is 0 Å². The summed E-state index contributed by atoms with van der Waals surface area (Å²) in [5.74, 6) is -1.66. The number of hydrogen-bond acceptors (Lipinski definition) is 4. The molecule has 0 spiro atoms. The van der Waals surface area contributed by atoms with Crippen LogP contribution in [0.1, 0.15) is 5.69 Å². The number of aromatic nitrogens is 2. The zero-order chi connectivity index (χ0) is 12.2. The molecule has 0 saturated heterocycles. The van der Waals surface area contributed by atoms with Crippen molar-refractivity contribution in [3.63, 3.8) is 0 Å². The first-order chi connectivity index (χ1) is 7.43. The number of nitrogens with two attached hydrogens (primary N) is 1. The van der Waals surface area contributed by atoms with Gasteiger partial charge in [-0.05, 0) is 13.0 Å². The molecule has 1 aromatic rings. The Morgan fingerprint density at radius 2 is 2.19 bits per heavy atom. The number of aryl methyl sites for hydroxylation is 1. The molecule has 1 rings (SSSR count). The SMILES string of the molecule is Cc1ccnc(SCC(CN)C(F)(F)F)n1. The largest absolute Gasteiger partial charge is 0.393 e. The van der Waals surface area contributed by atoms with E-state index in [-0.39, 0.29) is 5.75 Å². The van der Waals surface area contributed by atoms with Crippen LogP contribution < -0.4 is 5.73 Å². The molecule has 0 aliphatic carbocycles. The average Bonchev–Trinajstić information content (AvgIpc) is 2.16. The van der Waals surface area contributed by atoms with Gasteiger partial charge < -0.3 is 5.73 Å². The van der Waals surface area contributed by atoms with Crippen molar-refractivity contribution in [3.05, 3.63) is 18.0 Å². The zero-order valence-corrected chi connectivity index (χ0v) is 9.48. The lowest BCUT2D eigenvalue weighted by Crippen LogP contribution is -2.32. The van der Waals surface area contributed by atoms with Crippen molar-refractivity contribution in [2.45, 2.75) is 18.3 Å². The maximum atomic E-state index is 12.4. The monoisotopic (exact) mass is 251 g/mol. The maximum Gasteiger partial charge on any atom is 0.393 e. The van der Waals surface area contributed by atoms with E-state index >= 15 is 0 Å². The second-order valence-corrected chi connectivity index (χ2v) is 4.25. The lowest BCUT2D eigenvalue weighted by Gasteiger charge is -2.17. The third kappa shape index (κ3) is 3.97. The summed E-state index contributed by atoms with van der Waals surface area (Å²) < 4.78 is 37.1. The van der Waals surface area contributed by atoms with Crippen LogP contribution in [0.4, 0.5) is 13.2 Å². The number of nitrogens with zero attached hydrogens (tertiary/aromatic N) is 2. The van der Waals surface area contributed by atoms with Gasteiger partial charge in [0.05, 0.1) is 5.92 Å². The maximum absolute atomic E-state index is 12.4. The van der Waals surface area contributed by atoms with E-state index in [0.717, 1.165) is 17.5 Å². The van der Waals surface area contributed by atoms with Crippen molar-refractivity contribution >= 4 is 11.8 Å². The third-order valence-electron chi connectivity index (χ3n) is 1.93. The predicted molar refractivity (Wildman–Crippen MR) is 56.1 cm³/mol. The molecule has 16 heavy (non-hydrogen) atoms. The molecule has 0 aliphatic heterocycles. The van der Waals surface area contributed by atoms with Gasteiger partial charge in [-0.15, -0.1) is 0 Å². The van der Waals surface area contributed by atoms with E-state index in [1.165, 1.54) is 6.20 Å². The Bertz CT molecular complexity index is 343. The zero-order valence-electron chi connectivity index (χ0n) is 8.66. The molecule has 1 aromatic heterocycles. The fraction of sp³-hybridized carbons (Fsp3) is 0.556. The van der Waals surface area contributed by atoms with Gasteiger partial charge in [0, 0.05) is 24.2 Å². The van der Waals surface area contributed by atoms with Gasteiger partial charge in [0.15, 0.2) is 5.16 Å². The van der Waals surface area contributed by atoms with Crippen molar-refractivity contribution in [1.82, 2.24) is 9.97 Å². The molecule has 1 heterocycles. The van der Waals surface area contributed by atoms with Crippen molar-refractivity contribution < 1.29 is 13.2 Å². The molecule has 7 heteroatoms.